The monoisotopic (exact) mass is 295 g/mol. The lowest BCUT2D eigenvalue weighted by molar-refractivity contribution is 0.720. The zero-order valence-corrected chi connectivity index (χ0v) is 11.5. The highest BCUT2D eigenvalue weighted by Gasteiger charge is 2.10. The van der Waals surface area contributed by atoms with E-state index in [1.54, 1.807) is 11.3 Å². The summed E-state index contributed by atoms with van der Waals surface area (Å²) in [6, 6.07) is 8.42. The first-order valence-electron chi connectivity index (χ1n) is 5.19. The number of thiophene rings is 1. The topological polar surface area (TPSA) is 26.0 Å². The van der Waals surface area contributed by atoms with Crippen molar-refractivity contribution in [1.29, 1.82) is 0 Å². The molecular formula is C13H14BrNS. The van der Waals surface area contributed by atoms with Crippen molar-refractivity contribution in [3.63, 3.8) is 0 Å². The van der Waals surface area contributed by atoms with Crippen molar-refractivity contribution >= 4 is 27.3 Å². The summed E-state index contributed by atoms with van der Waals surface area (Å²) in [6.45, 7) is 2.12. The Morgan fingerprint density at radius 3 is 2.81 bits per heavy atom. The SMILES string of the molecule is Cc1cscc1C(N)Cc1cccc(Br)c1. The molecule has 0 saturated heterocycles. The van der Waals surface area contributed by atoms with Gasteiger partial charge in [0.15, 0.2) is 0 Å². The van der Waals surface area contributed by atoms with E-state index in [1.807, 2.05) is 12.1 Å². The molecule has 0 aliphatic rings. The standard InChI is InChI=1S/C13H14BrNS/c1-9-7-16-8-12(9)13(15)6-10-3-2-4-11(14)5-10/h2-5,7-8,13H,6,15H2,1H3. The third-order valence-electron chi connectivity index (χ3n) is 2.64. The molecule has 0 spiro atoms. The number of rotatable bonds is 3. The highest BCUT2D eigenvalue weighted by atomic mass is 79.9. The van der Waals surface area contributed by atoms with E-state index in [-0.39, 0.29) is 6.04 Å². The van der Waals surface area contributed by atoms with Gasteiger partial charge in [-0.25, -0.2) is 0 Å². The molecule has 2 rings (SSSR count). The largest absolute Gasteiger partial charge is 0.324 e. The van der Waals surface area contributed by atoms with Gasteiger partial charge >= 0.3 is 0 Å². The van der Waals surface area contributed by atoms with Crippen molar-refractivity contribution in [1.82, 2.24) is 0 Å². The molecule has 0 amide bonds. The van der Waals surface area contributed by atoms with Gasteiger partial charge in [0.2, 0.25) is 0 Å². The van der Waals surface area contributed by atoms with Crippen molar-refractivity contribution in [2.45, 2.75) is 19.4 Å². The number of aryl methyl sites for hydroxylation is 1. The van der Waals surface area contributed by atoms with Crippen LogP contribution in [0, 0.1) is 6.92 Å². The van der Waals surface area contributed by atoms with Gasteiger partial charge in [-0.3, -0.25) is 0 Å². The van der Waals surface area contributed by atoms with E-state index in [4.69, 9.17) is 5.73 Å². The average molecular weight is 296 g/mol. The van der Waals surface area contributed by atoms with Gasteiger partial charge in [0.1, 0.15) is 0 Å². The van der Waals surface area contributed by atoms with Crippen molar-refractivity contribution in [2.75, 3.05) is 0 Å². The maximum absolute atomic E-state index is 6.21. The molecule has 0 radical (unpaired) electrons. The number of halogens is 1. The molecule has 0 fully saturated rings. The number of hydrogen-bond donors (Lipinski definition) is 1. The maximum atomic E-state index is 6.21. The molecule has 84 valence electrons. The molecule has 1 unspecified atom stereocenters. The van der Waals surface area contributed by atoms with Crippen molar-refractivity contribution < 1.29 is 0 Å². The summed E-state index contributed by atoms with van der Waals surface area (Å²) in [5.41, 5.74) is 10.1. The minimum absolute atomic E-state index is 0.0977. The van der Waals surface area contributed by atoms with E-state index in [1.165, 1.54) is 16.7 Å². The Morgan fingerprint density at radius 1 is 1.38 bits per heavy atom. The summed E-state index contributed by atoms with van der Waals surface area (Å²) < 4.78 is 1.11. The van der Waals surface area contributed by atoms with E-state index in [0.29, 0.717) is 0 Å². The molecule has 0 aliphatic heterocycles. The normalized spacial score (nSPS) is 12.7. The lowest BCUT2D eigenvalue weighted by Gasteiger charge is -2.11. The van der Waals surface area contributed by atoms with Crippen LogP contribution in [-0.4, -0.2) is 0 Å². The smallest absolute Gasteiger partial charge is 0.0346 e. The lowest BCUT2D eigenvalue weighted by atomic mass is 10.00. The van der Waals surface area contributed by atoms with E-state index >= 15 is 0 Å². The van der Waals surface area contributed by atoms with Crippen LogP contribution in [0.1, 0.15) is 22.7 Å². The molecule has 1 heterocycles. The average Bonchev–Trinajstić information content (AvgIpc) is 2.64. The molecular weight excluding hydrogens is 282 g/mol. The van der Waals surface area contributed by atoms with Gasteiger partial charge in [-0.2, -0.15) is 11.3 Å². The van der Waals surface area contributed by atoms with Gasteiger partial charge in [-0.1, -0.05) is 28.1 Å². The highest BCUT2D eigenvalue weighted by Crippen LogP contribution is 2.23. The minimum Gasteiger partial charge on any atom is -0.324 e. The molecule has 2 N–H and O–H groups in total. The first-order valence-corrected chi connectivity index (χ1v) is 6.93. The number of nitrogens with two attached hydrogens (primary N) is 1. The molecule has 16 heavy (non-hydrogen) atoms. The second-order valence-corrected chi connectivity index (χ2v) is 5.61. The quantitative estimate of drug-likeness (QED) is 0.908. The lowest BCUT2D eigenvalue weighted by Crippen LogP contribution is -2.13. The first kappa shape index (κ1) is 11.8. The third-order valence-corrected chi connectivity index (χ3v) is 4.01. The van der Waals surface area contributed by atoms with E-state index < -0.39 is 0 Å². The van der Waals surface area contributed by atoms with E-state index in [0.717, 1.165) is 10.9 Å². The van der Waals surface area contributed by atoms with E-state index in [2.05, 4.69) is 45.7 Å². The zero-order valence-electron chi connectivity index (χ0n) is 9.11. The van der Waals surface area contributed by atoms with Crippen LogP contribution in [0.4, 0.5) is 0 Å². The fraction of sp³-hybridized carbons (Fsp3) is 0.231. The zero-order chi connectivity index (χ0) is 11.5. The predicted octanol–water partition coefficient (Wildman–Crippen LogP) is 4.06. The highest BCUT2D eigenvalue weighted by molar-refractivity contribution is 9.10. The Labute approximate surface area is 108 Å². The van der Waals surface area contributed by atoms with Crippen LogP contribution in [0.3, 0.4) is 0 Å². The van der Waals surface area contributed by atoms with Crippen molar-refractivity contribution in [3.8, 4) is 0 Å². The third kappa shape index (κ3) is 2.73. The van der Waals surface area contributed by atoms with Crippen LogP contribution >= 0.6 is 27.3 Å². The molecule has 0 saturated carbocycles. The second-order valence-electron chi connectivity index (χ2n) is 3.95. The summed E-state index contributed by atoms with van der Waals surface area (Å²) in [6.07, 6.45) is 0.886. The number of benzene rings is 1. The maximum Gasteiger partial charge on any atom is 0.0346 e. The number of hydrogen-bond acceptors (Lipinski definition) is 2. The minimum atomic E-state index is 0.0977. The summed E-state index contributed by atoms with van der Waals surface area (Å²) in [5, 5.41) is 4.30. The molecule has 1 aromatic heterocycles. The Balaban J connectivity index is 2.14. The molecule has 1 atom stereocenters. The van der Waals surface area contributed by atoms with Crippen LogP contribution in [0.5, 0.6) is 0 Å². The van der Waals surface area contributed by atoms with Gasteiger partial charge < -0.3 is 5.73 Å². The summed E-state index contributed by atoms with van der Waals surface area (Å²) in [7, 11) is 0. The molecule has 0 aliphatic carbocycles. The van der Waals surface area contributed by atoms with Crippen molar-refractivity contribution in [2.24, 2.45) is 5.73 Å². The summed E-state index contributed by atoms with van der Waals surface area (Å²) in [5.74, 6) is 0. The second kappa shape index (κ2) is 5.13. The Bertz CT molecular complexity index is 478. The molecule has 2 aromatic rings. The van der Waals surface area contributed by atoms with E-state index in [9.17, 15) is 0 Å². The summed E-state index contributed by atoms with van der Waals surface area (Å²) in [4.78, 5) is 0. The van der Waals surface area contributed by atoms with Gasteiger partial charge in [0, 0.05) is 10.5 Å². The van der Waals surface area contributed by atoms with Crippen LogP contribution in [0.15, 0.2) is 39.5 Å². The molecule has 3 heteroatoms. The fourth-order valence-electron chi connectivity index (χ4n) is 1.78. The van der Waals surface area contributed by atoms with Gasteiger partial charge in [0.05, 0.1) is 0 Å². The Morgan fingerprint density at radius 2 is 2.19 bits per heavy atom. The van der Waals surface area contributed by atoms with Crippen LogP contribution in [0.2, 0.25) is 0 Å². The molecule has 1 nitrogen and oxygen atoms in total. The Hall–Kier alpha value is -0.640. The molecule has 1 aromatic carbocycles. The Kier molecular flexibility index (Phi) is 3.79. The van der Waals surface area contributed by atoms with Gasteiger partial charge in [-0.05, 0) is 52.9 Å². The van der Waals surface area contributed by atoms with Gasteiger partial charge in [0.25, 0.3) is 0 Å². The van der Waals surface area contributed by atoms with Crippen molar-refractivity contribution in [3.05, 3.63) is 56.2 Å². The van der Waals surface area contributed by atoms with Crippen LogP contribution < -0.4 is 5.73 Å². The van der Waals surface area contributed by atoms with Crippen LogP contribution in [0.25, 0.3) is 0 Å². The fourth-order valence-corrected chi connectivity index (χ4v) is 3.14. The molecule has 0 bridgehead atoms. The van der Waals surface area contributed by atoms with Crippen LogP contribution in [-0.2, 0) is 6.42 Å². The predicted molar refractivity (Wildman–Crippen MR) is 73.8 cm³/mol. The summed E-state index contributed by atoms with van der Waals surface area (Å²) >= 11 is 5.20. The first-order chi connectivity index (χ1) is 7.66. The van der Waals surface area contributed by atoms with Gasteiger partial charge in [-0.15, -0.1) is 0 Å².